The summed E-state index contributed by atoms with van der Waals surface area (Å²) < 4.78 is 0. The number of piperidine rings is 1. The third kappa shape index (κ3) is 2.88. The molecule has 3 heterocycles. The summed E-state index contributed by atoms with van der Waals surface area (Å²) in [6, 6.07) is 17.8. The monoisotopic (exact) mass is 406 g/mol. The molecule has 3 aromatic rings. The van der Waals surface area contributed by atoms with Crippen LogP contribution in [0.5, 0.6) is 0 Å². The fourth-order valence-corrected chi connectivity index (χ4v) is 5.22. The van der Waals surface area contributed by atoms with Gasteiger partial charge in [-0.2, -0.15) is 5.10 Å². The van der Waals surface area contributed by atoms with E-state index < -0.39 is 0 Å². The number of anilines is 2. The summed E-state index contributed by atoms with van der Waals surface area (Å²) in [6.07, 6.45) is 1.89. The zero-order chi connectivity index (χ0) is 20.0. The van der Waals surface area contributed by atoms with Crippen molar-refractivity contribution in [3.05, 3.63) is 65.2 Å². The first kappa shape index (κ1) is 18.4. The number of aromatic amines is 1. The van der Waals surface area contributed by atoms with Crippen molar-refractivity contribution >= 4 is 28.9 Å². The van der Waals surface area contributed by atoms with Crippen LogP contribution in [-0.4, -0.2) is 35.1 Å². The molecule has 0 aliphatic carbocycles. The minimum absolute atomic E-state index is 0.174. The smallest absolute Gasteiger partial charge is 0.156 e. The van der Waals surface area contributed by atoms with E-state index in [2.05, 4.69) is 38.6 Å². The van der Waals surface area contributed by atoms with Gasteiger partial charge in [0, 0.05) is 22.2 Å². The molecule has 0 bridgehead atoms. The molecule has 5 nitrogen and oxygen atoms in total. The van der Waals surface area contributed by atoms with Crippen LogP contribution in [0.1, 0.15) is 25.3 Å². The molecule has 0 radical (unpaired) electrons. The number of halogens is 1. The predicted molar refractivity (Wildman–Crippen MR) is 116 cm³/mol. The minimum atomic E-state index is -0.247. The van der Waals surface area contributed by atoms with Crippen LogP contribution >= 0.6 is 11.6 Å². The van der Waals surface area contributed by atoms with Crippen LogP contribution in [0.3, 0.4) is 0 Å². The predicted octanol–water partition coefficient (Wildman–Crippen LogP) is 4.46. The Labute approximate surface area is 175 Å². The van der Waals surface area contributed by atoms with E-state index in [9.17, 15) is 4.79 Å². The second-order valence-electron chi connectivity index (χ2n) is 7.95. The maximum atomic E-state index is 13.0. The highest BCUT2D eigenvalue weighted by molar-refractivity contribution is 6.30. The summed E-state index contributed by atoms with van der Waals surface area (Å²) in [5.74, 6) is 0.956. The van der Waals surface area contributed by atoms with Crippen LogP contribution in [-0.2, 0) is 10.2 Å². The molecule has 1 saturated heterocycles. The van der Waals surface area contributed by atoms with Gasteiger partial charge in [-0.1, -0.05) is 41.9 Å². The maximum absolute atomic E-state index is 13.0. The lowest BCUT2D eigenvalue weighted by Crippen LogP contribution is -2.52. The Morgan fingerprint density at radius 2 is 1.86 bits per heavy atom. The Morgan fingerprint density at radius 1 is 1.14 bits per heavy atom. The number of ketones is 1. The molecule has 148 valence electrons. The largest absolute Gasteiger partial charge is 0.317 e. The average molecular weight is 407 g/mol. The topological polar surface area (TPSA) is 61.0 Å². The van der Waals surface area contributed by atoms with E-state index in [1.54, 1.807) is 6.92 Å². The first-order valence-corrected chi connectivity index (χ1v) is 10.4. The SMILES string of the molecule is CC(=O)C1N(c2cc(-c3ccc(Cl)cc3)[nH]n2)c2ccccc2C12CCNCC2. The lowest BCUT2D eigenvalue weighted by molar-refractivity contribution is -0.119. The highest BCUT2D eigenvalue weighted by atomic mass is 35.5. The van der Waals surface area contributed by atoms with Gasteiger partial charge in [0.25, 0.3) is 0 Å². The number of nitrogens with zero attached hydrogens (tertiary/aromatic N) is 2. The number of fused-ring (bicyclic) bond motifs is 2. The van der Waals surface area contributed by atoms with Crippen molar-refractivity contribution in [3.8, 4) is 11.3 Å². The minimum Gasteiger partial charge on any atom is -0.317 e. The Bertz CT molecular complexity index is 1050. The molecule has 1 spiro atoms. The molecule has 2 N–H and O–H groups in total. The van der Waals surface area contributed by atoms with Crippen LogP contribution in [0.4, 0.5) is 11.5 Å². The number of carbonyl (C=O) groups excluding carboxylic acids is 1. The summed E-state index contributed by atoms with van der Waals surface area (Å²) >= 11 is 6.02. The van der Waals surface area contributed by atoms with E-state index >= 15 is 0 Å². The van der Waals surface area contributed by atoms with Crippen molar-refractivity contribution in [2.75, 3.05) is 18.0 Å². The molecule has 2 aliphatic heterocycles. The van der Waals surface area contributed by atoms with Crippen LogP contribution in [0.25, 0.3) is 11.3 Å². The van der Waals surface area contributed by atoms with Gasteiger partial charge in [-0.15, -0.1) is 0 Å². The molecule has 0 saturated carbocycles. The van der Waals surface area contributed by atoms with Gasteiger partial charge in [-0.25, -0.2) is 0 Å². The molecule has 1 atom stereocenters. The third-order valence-electron chi connectivity index (χ3n) is 6.33. The zero-order valence-corrected chi connectivity index (χ0v) is 17.0. The van der Waals surface area contributed by atoms with Gasteiger partial charge in [-0.05, 0) is 62.2 Å². The van der Waals surface area contributed by atoms with E-state index in [1.165, 1.54) is 5.56 Å². The zero-order valence-electron chi connectivity index (χ0n) is 16.3. The van der Waals surface area contributed by atoms with Crippen molar-refractivity contribution in [2.45, 2.75) is 31.2 Å². The molecule has 1 aromatic heterocycles. The molecule has 1 unspecified atom stereocenters. The quantitative estimate of drug-likeness (QED) is 0.674. The Morgan fingerprint density at radius 3 is 2.59 bits per heavy atom. The summed E-state index contributed by atoms with van der Waals surface area (Å²) in [6.45, 7) is 3.55. The van der Waals surface area contributed by atoms with Gasteiger partial charge < -0.3 is 10.2 Å². The molecule has 6 heteroatoms. The van der Waals surface area contributed by atoms with E-state index in [1.807, 2.05) is 36.4 Å². The summed E-state index contributed by atoms with van der Waals surface area (Å²) in [7, 11) is 0. The first-order valence-electron chi connectivity index (χ1n) is 10.0. The van der Waals surface area contributed by atoms with E-state index in [0.717, 1.165) is 48.7 Å². The number of aromatic nitrogens is 2. The van der Waals surface area contributed by atoms with Gasteiger partial charge in [-0.3, -0.25) is 9.89 Å². The maximum Gasteiger partial charge on any atom is 0.156 e. The fourth-order valence-electron chi connectivity index (χ4n) is 5.09. The van der Waals surface area contributed by atoms with Crippen molar-refractivity contribution in [1.82, 2.24) is 15.5 Å². The Kier molecular flexibility index (Phi) is 4.45. The van der Waals surface area contributed by atoms with Gasteiger partial charge in [0.1, 0.15) is 6.04 Å². The number of Topliss-reactive ketones (excluding diaryl/α,β-unsaturated/α-hetero) is 1. The molecule has 2 aromatic carbocycles. The molecule has 29 heavy (non-hydrogen) atoms. The second kappa shape index (κ2) is 7.01. The van der Waals surface area contributed by atoms with Gasteiger partial charge in [0.15, 0.2) is 11.6 Å². The Hall–Kier alpha value is -2.63. The number of hydrogen-bond acceptors (Lipinski definition) is 4. The lowest BCUT2D eigenvalue weighted by atomic mass is 9.69. The van der Waals surface area contributed by atoms with Crippen molar-refractivity contribution in [3.63, 3.8) is 0 Å². The van der Waals surface area contributed by atoms with Crippen molar-refractivity contribution < 1.29 is 4.79 Å². The van der Waals surface area contributed by atoms with Gasteiger partial charge in [0.05, 0.1) is 5.69 Å². The number of rotatable bonds is 3. The molecular weight excluding hydrogens is 384 g/mol. The van der Waals surface area contributed by atoms with Crippen molar-refractivity contribution in [2.24, 2.45) is 0 Å². The van der Waals surface area contributed by atoms with Gasteiger partial charge in [0.2, 0.25) is 0 Å². The molecule has 0 amide bonds. The number of benzene rings is 2. The van der Waals surface area contributed by atoms with E-state index in [4.69, 9.17) is 11.6 Å². The number of nitrogens with one attached hydrogen (secondary N) is 2. The molecule has 5 rings (SSSR count). The normalized spacial score (nSPS) is 20.1. The van der Waals surface area contributed by atoms with Crippen LogP contribution in [0.2, 0.25) is 5.02 Å². The first-order chi connectivity index (χ1) is 14.1. The standard InChI is InChI=1S/C23H23ClN4O/c1-15(29)22-23(10-12-25-13-11-23)18-4-2-3-5-20(18)28(22)21-14-19(26-27-21)16-6-8-17(24)9-7-16/h2-9,14,22,25H,10-13H2,1H3,(H,26,27). The van der Waals surface area contributed by atoms with Gasteiger partial charge >= 0.3 is 0 Å². The highest BCUT2D eigenvalue weighted by Crippen LogP contribution is 2.53. The number of H-pyrrole nitrogens is 1. The fraction of sp³-hybridized carbons (Fsp3) is 0.304. The highest BCUT2D eigenvalue weighted by Gasteiger charge is 2.54. The number of para-hydroxylation sites is 1. The van der Waals surface area contributed by atoms with E-state index in [-0.39, 0.29) is 17.2 Å². The van der Waals surface area contributed by atoms with Crippen LogP contribution in [0.15, 0.2) is 54.6 Å². The summed E-state index contributed by atoms with van der Waals surface area (Å²) in [5.41, 5.74) is 4.09. The van der Waals surface area contributed by atoms with E-state index in [0.29, 0.717) is 5.02 Å². The molecule has 1 fully saturated rings. The van der Waals surface area contributed by atoms with Crippen molar-refractivity contribution in [1.29, 1.82) is 0 Å². The third-order valence-corrected chi connectivity index (χ3v) is 6.58. The average Bonchev–Trinajstić information content (AvgIpc) is 3.31. The molecule has 2 aliphatic rings. The van der Waals surface area contributed by atoms with Crippen LogP contribution in [0, 0.1) is 0 Å². The number of carbonyl (C=O) groups is 1. The van der Waals surface area contributed by atoms with Crippen LogP contribution < -0.4 is 10.2 Å². The second-order valence-corrected chi connectivity index (χ2v) is 8.39. The molecular formula is C23H23ClN4O. The lowest BCUT2D eigenvalue weighted by Gasteiger charge is -2.40. The summed E-state index contributed by atoms with van der Waals surface area (Å²) in [5, 5.41) is 11.9. The number of hydrogen-bond donors (Lipinski definition) is 2. The summed E-state index contributed by atoms with van der Waals surface area (Å²) in [4.78, 5) is 15.1. The Balaban J connectivity index is 1.62.